The lowest BCUT2D eigenvalue weighted by atomic mass is 10.1. The van der Waals surface area contributed by atoms with E-state index in [9.17, 15) is 19.8 Å². The molecule has 3 N–H and O–H groups in total. The van der Waals surface area contributed by atoms with Gasteiger partial charge in [-0.25, -0.2) is 0 Å². The molecule has 0 saturated heterocycles. The number of benzene rings is 1. The van der Waals surface area contributed by atoms with E-state index in [4.69, 9.17) is 11.6 Å². The van der Waals surface area contributed by atoms with Gasteiger partial charge in [0.15, 0.2) is 12.2 Å². The van der Waals surface area contributed by atoms with Crippen LogP contribution in [0.4, 0.5) is 0 Å². The largest absolute Gasteiger partial charge is 0.380 e. The quantitative estimate of drug-likeness (QED) is 0.207. The number of halogens is 2. The number of alkyl halides is 1. The molecule has 0 fully saturated rings. The highest BCUT2D eigenvalue weighted by atomic mass is 35.5. The molecule has 0 bridgehead atoms. The van der Waals surface area contributed by atoms with Crippen molar-refractivity contribution in [2.45, 2.75) is 51.9 Å². The molecule has 6 nitrogen and oxygen atoms in total. The number of amides is 2. The lowest BCUT2D eigenvalue weighted by molar-refractivity contribution is -0.153. The normalized spacial score (nSPS) is 11.8. The van der Waals surface area contributed by atoms with Crippen molar-refractivity contribution in [2.24, 2.45) is 0 Å². The number of carbonyl (C=O) groups is 2. The average Bonchev–Trinajstić information content (AvgIpc) is 3.40. The second-order valence-corrected chi connectivity index (χ2v) is 9.33. The zero-order chi connectivity index (χ0) is 28.9. The van der Waals surface area contributed by atoms with Crippen LogP contribution in [0.2, 0.25) is 5.02 Å². The van der Waals surface area contributed by atoms with Gasteiger partial charge < -0.3 is 20.4 Å². The Morgan fingerprint density at radius 1 is 1.11 bits per heavy atom. The minimum absolute atomic E-state index is 0.206. The summed E-state index contributed by atoms with van der Waals surface area (Å²) < 4.78 is 0. The lowest BCUT2D eigenvalue weighted by Crippen LogP contribution is -2.50. The minimum atomic E-state index is -1.81. The second-order valence-electron chi connectivity index (χ2n) is 7.92. The number of hydrogen-bond acceptors (Lipinski definition) is 5. The van der Waals surface area contributed by atoms with Gasteiger partial charge >= 0.3 is 0 Å². The van der Waals surface area contributed by atoms with Crippen LogP contribution in [0.1, 0.15) is 42.7 Å². The molecule has 1 aromatic heterocycles. The molecule has 0 spiro atoms. The number of nitrogens with one attached hydrogen (secondary N) is 1. The van der Waals surface area contributed by atoms with Gasteiger partial charge in [0.1, 0.15) is 0 Å². The van der Waals surface area contributed by atoms with Gasteiger partial charge in [0.05, 0.1) is 6.54 Å². The summed E-state index contributed by atoms with van der Waals surface area (Å²) in [4.78, 5) is 26.9. The Morgan fingerprint density at radius 3 is 2.29 bits per heavy atom. The number of hydrogen-bond donors (Lipinski definition) is 3. The third-order valence-corrected chi connectivity index (χ3v) is 6.53. The second kappa shape index (κ2) is 21.5. The highest BCUT2D eigenvalue weighted by Crippen LogP contribution is 2.22. The number of rotatable bonds is 13. The Balaban J connectivity index is 0.00000150. The van der Waals surface area contributed by atoms with Crippen molar-refractivity contribution >= 4 is 46.4 Å². The van der Waals surface area contributed by atoms with E-state index in [1.165, 1.54) is 22.6 Å². The maximum absolute atomic E-state index is 12.3. The van der Waals surface area contributed by atoms with Gasteiger partial charge in [-0.15, -0.1) is 22.9 Å². The van der Waals surface area contributed by atoms with Crippen molar-refractivity contribution in [2.75, 3.05) is 19.5 Å². The number of allylic oxidation sites excluding steroid dienone is 4. The zero-order valence-corrected chi connectivity index (χ0v) is 24.7. The topological polar surface area (TPSA) is 89.9 Å². The molecule has 38 heavy (non-hydrogen) atoms. The molecule has 0 saturated carbocycles. The molecular formula is C29H40Cl2N2O4S. The molecule has 2 rings (SSSR count). The molecule has 2 unspecified atom stereocenters. The van der Waals surface area contributed by atoms with Crippen molar-refractivity contribution in [1.82, 2.24) is 10.2 Å². The smallest absolute Gasteiger partial charge is 0.254 e. The first-order valence-corrected chi connectivity index (χ1v) is 14.3. The summed E-state index contributed by atoms with van der Waals surface area (Å²) in [5, 5.41) is 25.5. The van der Waals surface area contributed by atoms with Crippen LogP contribution in [0.5, 0.6) is 0 Å². The van der Waals surface area contributed by atoms with E-state index in [1.807, 2.05) is 54.8 Å². The van der Waals surface area contributed by atoms with Crippen molar-refractivity contribution in [3.63, 3.8) is 0 Å². The monoisotopic (exact) mass is 582 g/mol. The van der Waals surface area contributed by atoms with Crippen molar-refractivity contribution in [3.05, 3.63) is 94.2 Å². The predicted octanol–water partition coefficient (Wildman–Crippen LogP) is 5.75. The fourth-order valence-electron chi connectivity index (χ4n) is 3.15. The van der Waals surface area contributed by atoms with Crippen LogP contribution in [-0.2, 0) is 22.6 Å². The Labute approximate surface area is 241 Å². The summed E-state index contributed by atoms with van der Waals surface area (Å²) in [5.74, 6) is -1.41. The summed E-state index contributed by atoms with van der Waals surface area (Å²) in [6.07, 6.45) is 7.34. The highest BCUT2D eigenvalue weighted by Gasteiger charge is 2.32. The van der Waals surface area contributed by atoms with Crippen LogP contribution in [0.15, 0.2) is 73.2 Å². The van der Waals surface area contributed by atoms with E-state index < -0.39 is 24.0 Å². The molecule has 1 aromatic carbocycles. The molecule has 0 aliphatic heterocycles. The Bertz CT molecular complexity index is 1000. The van der Waals surface area contributed by atoms with Gasteiger partial charge in [-0.2, -0.15) is 0 Å². The van der Waals surface area contributed by atoms with E-state index in [-0.39, 0.29) is 6.54 Å². The van der Waals surface area contributed by atoms with E-state index in [0.29, 0.717) is 24.5 Å². The Hall–Kier alpha value is -2.42. The van der Waals surface area contributed by atoms with Crippen LogP contribution in [-0.4, -0.2) is 58.6 Å². The number of aliphatic hydroxyl groups excluding tert-OH is 2. The molecule has 0 radical (unpaired) electrons. The van der Waals surface area contributed by atoms with Crippen molar-refractivity contribution in [3.8, 4) is 0 Å². The van der Waals surface area contributed by atoms with E-state index in [1.54, 1.807) is 19.1 Å². The number of aliphatic hydroxyl groups is 2. The van der Waals surface area contributed by atoms with Gasteiger partial charge in [0.2, 0.25) is 0 Å². The van der Waals surface area contributed by atoms with E-state index in [0.717, 1.165) is 28.8 Å². The summed E-state index contributed by atoms with van der Waals surface area (Å²) in [6, 6.07) is 9.60. The standard InChI is InChI=1S/C22H29ClN2O4S.C6H8.CH3Cl/c1-3-5-10-25(4-2)22(29)20(27)19(26)21(28)24-13-17-12-15(14-30-17)11-16-8-6-7-9-18(16)23;1-3-5-6-4-2;1-2/h6-9,12,14,19-20,26-27H,3-5,10-11,13H2,1-2H3,(H,24,28);3-6H,1-2H2;1H3/b;6-5-;. The maximum Gasteiger partial charge on any atom is 0.254 e. The summed E-state index contributed by atoms with van der Waals surface area (Å²) in [5.41, 5.74) is 2.09. The SMILES string of the molecule is C=C/C=C\C=C.CCCCN(CC)C(=O)C(O)C(O)C(=O)NCc1cc(Cc2ccccc2Cl)cs1.CCl. The molecule has 2 amide bonds. The fourth-order valence-corrected chi connectivity index (χ4v) is 4.18. The van der Waals surface area contributed by atoms with Crippen LogP contribution < -0.4 is 5.32 Å². The molecule has 9 heteroatoms. The minimum Gasteiger partial charge on any atom is -0.380 e. The first-order valence-electron chi connectivity index (χ1n) is 12.3. The molecule has 1 heterocycles. The lowest BCUT2D eigenvalue weighted by Gasteiger charge is -2.25. The van der Waals surface area contributed by atoms with Gasteiger partial charge in [-0.3, -0.25) is 9.59 Å². The number of carbonyl (C=O) groups excluding carboxylic acids is 2. The first-order chi connectivity index (χ1) is 18.3. The summed E-state index contributed by atoms with van der Waals surface area (Å²) in [6.45, 7) is 11.8. The van der Waals surface area contributed by atoms with Gasteiger partial charge in [-0.1, -0.05) is 80.6 Å². The van der Waals surface area contributed by atoms with Gasteiger partial charge in [0.25, 0.3) is 11.8 Å². The third kappa shape index (κ3) is 13.4. The van der Waals surface area contributed by atoms with E-state index in [2.05, 4.69) is 30.1 Å². The van der Waals surface area contributed by atoms with Crippen LogP contribution >= 0.6 is 34.5 Å². The van der Waals surface area contributed by atoms with Crippen LogP contribution in [0.25, 0.3) is 0 Å². The van der Waals surface area contributed by atoms with Crippen molar-refractivity contribution in [1.29, 1.82) is 0 Å². The average molecular weight is 584 g/mol. The number of likely N-dealkylation sites (N-methyl/N-ethyl adjacent to an activating group) is 1. The third-order valence-electron chi connectivity index (χ3n) is 5.18. The number of thiophene rings is 1. The summed E-state index contributed by atoms with van der Waals surface area (Å²) >= 11 is 12.3. The molecule has 0 aliphatic rings. The molecule has 210 valence electrons. The predicted molar refractivity (Wildman–Crippen MR) is 161 cm³/mol. The van der Waals surface area contributed by atoms with Gasteiger partial charge in [-0.05, 0) is 48.4 Å². The maximum atomic E-state index is 12.3. The number of unbranched alkanes of at least 4 members (excludes halogenated alkanes) is 1. The van der Waals surface area contributed by atoms with Crippen LogP contribution in [0, 0.1) is 0 Å². The summed E-state index contributed by atoms with van der Waals surface area (Å²) in [7, 11) is 0. The molecular weight excluding hydrogens is 543 g/mol. The van der Waals surface area contributed by atoms with Gasteiger partial charge in [0, 0.05) is 29.4 Å². The van der Waals surface area contributed by atoms with E-state index >= 15 is 0 Å². The fraction of sp³-hybridized carbons (Fsp3) is 0.379. The molecule has 0 aliphatic carbocycles. The van der Waals surface area contributed by atoms with Crippen LogP contribution in [0.3, 0.4) is 0 Å². The Kier molecular flexibility index (Phi) is 20.1. The molecule has 2 atom stereocenters. The zero-order valence-electron chi connectivity index (χ0n) is 22.4. The first kappa shape index (κ1) is 35.6. The Morgan fingerprint density at radius 2 is 1.74 bits per heavy atom. The molecule has 2 aromatic rings. The van der Waals surface area contributed by atoms with Crippen molar-refractivity contribution < 1.29 is 19.8 Å². The number of nitrogens with zero attached hydrogens (tertiary/aromatic N) is 1. The highest BCUT2D eigenvalue weighted by molar-refractivity contribution is 7.10.